The number of hydrogen-bond acceptors (Lipinski definition) is 2. The number of fused-ring (bicyclic) bond motifs is 6. The molecule has 0 fully saturated rings. The summed E-state index contributed by atoms with van der Waals surface area (Å²) in [6, 6.07) is 79.2. The van der Waals surface area contributed by atoms with E-state index in [0.29, 0.717) is 0 Å². The molecule has 11 rings (SSSR count). The van der Waals surface area contributed by atoms with Crippen LogP contribution in [-0.2, 0) is 0 Å². The van der Waals surface area contributed by atoms with Crippen LogP contribution in [0.2, 0.25) is 0 Å². The monoisotopic (exact) mass is 744 g/mol. The predicted molar refractivity (Wildman–Crippen MR) is 245 cm³/mol. The zero-order chi connectivity index (χ0) is 37.7. The van der Waals surface area contributed by atoms with Crippen molar-refractivity contribution in [2.75, 3.05) is 4.90 Å². The van der Waals surface area contributed by atoms with Crippen LogP contribution >= 0.6 is 11.3 Å². The molecule has 2 heterocycles. The Labute approximate surface area is 335 Å². The molecule has 0 N–H and O–H groups in total. The van der Waals surface area contributed by atoms with Gasteiger partial charge in [0.05, 0.1) is 11.0 Å². The van der Waals surface area contributed by atoms with Gasteiger partial charge in [-0.3, -0.25) is 0 Å². The zero-order valence-corrected chi connectivity index (χ0v) is 31.9. The molecule has 57 heavy (non-hydrogen) atoms. The average molecular weight is 745 g/mol. The van der Waals surface area contributed by atoms with E-state index in [0.717, 1.165) is 22.7 Å². The standard InChI is InChI=1S/C54H36N2S/c1-2-11-37(12-3-1)38-21-23-39(24-22-38)40-25-29-42(30-26-40)55(43-31-27-41(28-32-43)46-16-10-17-50-49-15-6-9-20-53(49)57-54(46)50)44-33-35-45(36-34-44)56-51-18-7-4-13-47(51)48-14-5-8-19-52(48)56/h1-36H. The van der Waals surface area contributed by atoms with Gasteiger partial charge in [0.15, 0.2) is 0 Å². The summed E-state index contributed by atoms with van der Waals surface area (Å²) in [5, 5.41) is 5.17. The largest absolute Gasteiger partial charge is 0.311 e. The van der Waals surface area contributed by atoms with E-state index in [1.54, 1.807) is 0 Å². The molecule has 2 nitrogen and oxygen atoms in total. The van der Waals surface area contributed by atoms with Crippen LogP contribution in [0.4, 0.5) is 17.1 Å². The maximum Gasteiger partial charge on any atom is 0.0541 e. The fourth-order valence-electron chi connectivity index (χ4n) is 8.45. The first kappa shape index (κ1) is 33.2. The molecular weight excluding hydrogens is 709 g/mol. The Bertz CT molecular complexity index is 3140. The smallest absolute Gasteiger partial charge is 0.0541 e. The highest BCUT2D eigenvalue weighted by atomic mass is 32.1. The molecule has 0 spiro atoms. The van der Waals surface area contributed by atoms with Crippen LogP contribution in [0.1, 0.15) is 0 Å². The van der Waals surface area contributed by atoms with Crippen LogP contribution in [0.25, 0.3) is 81.0 Å². The van der Waals surface area contributed by atoms with E-state index in [2.05, 4.69) is 228 Å². The van der Waals surface area contributed by atoms with Gasteiger partial charge in [-0.25, -0.2) is 0 Å². The van der Waals surface area contributed by atoms with E-state index in [4.69, 9.17) is 0 Å². The highest BCUT2D eigenvalue weighted by molar-refractivity contribution is 7.26. The van der Waals surface area contributed by atoms with Crippen molar-refractivity contribution in [3.05, 3.63) is 218 Å². The minimum atomic E-state index is 1.10. The van der Waals surface area contributed by atoms with Crippen LogP contribution in [0, 0.1) is 0 Å². The van der Waals surface area contributed by atoms with E-state index in [-0.39, 0.29) is 0 Å². The van der Waals surface area contributed by atoms with Gasteiger partial charge in [-0.2, -0.15) is 0 Å². The fourth-order valence-corrected chi connectivity index (χ4v) is 9.69. The van der Waals surface area contributed by atoms with E-state index in [9.17, 15) is 0 Å². The number of hydrogen-bond donors (Lipinski definition) is 0. The summed E-state index contributed by atoms with van der Waals surface area (Å²) in [7, 11) is 0. The molecule has 268 valence electrons. The van der Waals surface area contributed by atoms with Crippen molar-refractivity contribution in [1.29, 1.82) is 0 Å². The van der Waals surface area contributed by atoms with E-state index in [1.165, 1.54) is 75.4 Å². The molecule has 11 aromatic rings. The molecule has 0 aliphatic carbocycles. The molecule has 0 bridgehead atoms. The van der Waals surface area contributed by atoms with Gasteiger partial charge >= 0.3 is 0 Å². The molecule has 0 atom stereocenters. The molecule has 0 saturated heterocycles. The fraction of sp³-hybridized carbons (Fsp3) is 0. The Hall–Kier alpha value is -7.20. The van der Waals surface area contributed by atoms with Gasteiger partial charge in [-0.15, -0.1) is 11.3 Å². The molecule has 0 amide bonds. The van der Waals surface area contributed by atoms with Gasteiger partial charge in [-0.05, 0) is 100 Å². The van der Waals surface area contributed by atoms with Crippen molar-refractivity contribution >= 4 is 70.4 Å². The van der Waals surface area contributed by atoms with Gasteiger partial charge in [0.2, 0.25) is 0 Å². The maximum atomic E-state index is 2.38. The molecular formula is C54H36N2S. The van der Waals surface area contributed by atoms with Gasteiger partial charge < -0.3 is 9.47 Å². The van der Waals surface area contributed by atoms with Crippen molar-refractivity contribution in [1.82, 2.24) is 4.57 Å². The number of aromatic nitrogens is 1. The lowest BCUT2D eigenvalue weighted by Gasteiger charge is -2.26. The van der Waals surface area contributed by atoms with Crippen molar-refractivity contribution in [2.24, 2.45) is 0 Å². The van der Waals surface area contributed by atoms with E-state index >= 15 is 0 Å². The lowest BCUT2D eigenvalue weighted by molar-refractivity contribution is 1.17. The molecule has 0 radical (unpaired) electrons. The van der Waals surface area contributed by atoms with Crippen LogP contribution < -0.4 is 4.90 Å². The maximum absolute atomic E-state index is 2.38. The Morgan fingerprint density at radius 1 is 0.316 bits per heavy atom. The summed E-state index contributed by atoms with van der Waals surface area (Å²) in [6.07, 6.45) is 0. The quantitative estimate of drug-likeness (QED) is 0.158. The second-order valence-electron chi connectivity index (χ2n) is 14.5. The summed E-state index contributed by atoms with van der Waals surface area (Å²) in [5.41, 5.74) is 14.2. The number of thiophene rings is 1. The normalized spacial score (nSPS) is 11.5. The second kappa shape index (κ2) is 13.8. The predicted octanol–water partition coefficient (Wildman–Crippen LogP) is 15.6. The molecule has 0 aliphatic rings. The first-order chi connectivity index (χ1) is 28.3. The van der Waals surface area contributed by atoms with Crippen molar-refractivity contribution in [3.63, 3.8) is 0 Å². The Balaban J connectivity index is 0.985. The van der Waals surface area contributed by atoms with E-state index in [1.807, 2.05) is 11.3 Å². The average Bonchev–Trinajstić information content (AvgIpc) is 3.84. The summed E-state index contributed by atoms with van der Waals surface area (Å²) >= 11 is 1.88. The minimum Gasteiger partial charge on any atom is -0.311 e. The number of rotatable bonds is 7. The van der Waals surface area contributed by atoms with Crippen LogP contribution in [0.3, 0.4) is 0 Å². The van der Waals surface area contributed by atoms with Crippen molar-refractivity contribution < 1.29 is 0 Å². The summed E-state index contributed by atoms with van der Waals surface area (Å²) < 4.78 is 5.03. The molecule has 0 aliphatic heterocycles. The molecule has 3 heteroatoms. The molecule has 0 unspecified atom stereocenters. The Morgan fingerprint density at radius 2 is 0.754 bits per heavy atom. The van der Waals surface area contributed by atoms with Crippen LogP contribution in [0.15, 0.2) is 218 Å². The summed E-state index contributed by atoms with van der Waals surface area (Å²) in [5.74, 6) is 0. The third kappa shape index (κ3) is 5.80. The number of nitrogens with zero attached hydrogens (tertiary/aromatic N) is 2. The lowest BCUT2D eigenvalue weighted by Crippen LogP contribution is -2.10. The van der Waals surface area contributed by atoms with Gasteiger partial charge in [0.25, 0.3) is 0 Å². The lowest BCUT2D eigenvalue weighted by atomic mass is 10.00. The van der Waals surface area contributed by atoms with Crippen molar-refractivity contribution in [2.45, 2.75) is 0 Å². The number of anilines is 3. The van der Waals surface area contributed by atoms with Crippen LogP contribution in [0.5, 0.6) is 0 Å². The highest BCUT2D eigenvalue weighted by Gasteiger charge is 2.17. The van der Waals surface area contributed by atoms with E-state index < -0.39 is 0 Å². The number of benzene rings is 9. The number of para-hydroxylation sites is 2. The second-order valence-corrected chi connectivity index (χ2v) is 15.6. The Morgan fingerprint density at radius 3 is 1.35 bits per heavy atom. The molecule has 9 aromatic carbocycles. The van der Waals surface area contributed by atoms with Gasteiger partial charge in [-0.1, -0.05) is 152 Å². The SMILES string of the molecule is c1ccc(-c2ccc(-c3ccc(N(c4ccc(-c5cccc6c5sc5ccccc56)cc4)c4ccc(-n5c6ccccc6c6ccccc65)cc4)cc3)cc2)cc1. The molecule has 2 aromatic heterocycles. The third-order valence-corrected chi connectivity index (χ3v) is 12.5. The Kier molecular flexibility index (Phi) is 8.04. The zero-order valence-electron chi connectivity index (χ0n) is 31.1. The first-order valence-corrected chi connectivity index (χ1v) is 20.2. The minimum absolute atomic E-state index is 1.10. The summed E-state index contributed by atoms with van der Waals surface area (Å²) in [6.45, 7) is 0. The van der Waals surface area contributed by atoms with Crippen molar-refractivity contribution in [3.8, 4) is 39.1 Å². The third-order valence-electron chi connectivity index (χ3n) is 11.2. The highest BCUT2D eigenvalue weighted by Crippen LogP contribution is 2.42. The van der Waals surface area contributed by atoms with Crippen LogP contribution in [-0.4, -0.2) is 4.57 Å². The molecule has 0 saturated carbocycles. The topological polar surface area (TPSA) is 8.17 Å². The first-order valence-electron chi connectivity index (χ1n) is 19.4. The summed E-state index contributed by atoms with van der Waals surface area (Å²) in [4.78, 5) is 2.36. The van der Waals surface area contributed by atoms with Gasteiger partial charge in [0.1, 0.15) is 0 Å². The van der Waals surface area contributed by atoms with Gasteiger partial charge in [0, 0.05) is 53.7 Å².